The van der Waals surface area contributed by atoms with Crippen LogP contribution in [0.15, 0.2) is 35.5 Å². The van der Waals surface area contributed by atoms with Crippen molar-refractivity contribution < 1.29 is 53.6 Å². The number of aliphatic hydroxyl groups excluding tert-OH is 1. The summed E-state index contributed by atoms with van der Waals surface area (Å²) in [6.07, 6.45) is 18.2. The standard InChI is InChI=1S/C27H44O.Na.H2O4S.H/c1-19(2)8-6-9-21(4)25-15-16-26-22(10-7-17-27(25,26)5)12-13-23-18-24(28)14-11-20(23)3;;1-5(2,3)4;/h12-13,19,21,24-26,28H,3,6-11,14-18H2,1-2,4-5H3;;(H2,1,2,3,4);/q;+1;;-1/t21-,24+,25-,26+,27-;;;/m1.../s1. The van der Waals surface area contributed by atoms with Crippen LogP contribution in [-0.4, -0.2) is 28.7 Å². The van der Waals surface area contributed by atoms with Crippen LogP contribution < -0.4 is 29.6 Å². The number of fused-ring (bicyclic) bond motifs is 1. The first-order valence-corrected chi connectivity index (χ1v) is 14.2. The van der Waals surface area contributed by atoms with Crippen LogP contribution >= 0.6 is 0 Å². The number of aliphatic hydroxyl groups is 1. The van der Waals surface area contributed by atoms with Crippen molar-refractivity contribution in [2.45, 2.75) is 104 Å². The minimum absolute atomic E-state index is 0. The maximum Gasteiger partial charge on any atom is 1.00 e. The quantitative estimate of drug-likeness (QED) is 0.373. The van der Waals surface area contributed by atoms with E-state index in [2.05, 4.69) is 46.4 Å². The van der Waals surface area contributed by atoms with Gasteiger partial charge in [0.05, 0.1) is 6.10 Å². The fourth-order valence-electron chi connectivity index (χ4n) is 6.66. The fourth-order valence-corrected chi connectivity index (χ4v) is 6.66. The maximum atomic E-state index is 10.0. The minimum atomic E-state index is -4.67. The zero-order valence-electron chi connectivity index (χ0n) is 23.1. The molecule has 0 aromatic carbocycles. The van der Waals surface area contributed by atoms with E-state index in [4.69, 9.17) is 17.5 Å². The van der Waals surface area contributed by atoms with Gasteiger partial charge in [0, 0.05) is 0 Å². The van der Waals surface area contributed by atoms with Crippen LogP contribution in [0.5, 0.6) is 0 Å². The second kappa shape index (κ2) is 14.1. The summed E-state index contributed by atoms with van der Waals surface area (Å²) in [5.74, 6) is 3.37. The van der Waals surface area contributed by atoms with Crippen LogP contribution in [0.25, 0.3) is 0 Å². The molecule has 0 unspecified atom stereocenters. The van der Waals surface area contributed by atoms with Crippen LogP contribution in [0.1, 0.15) is 99.8 Å². The molecule has 0 radical (unpaired) electrons. The van der Waals surface area contributed by atoms with Gasteiger partial charge >= 0.3 is 40.0 Å². The third-order valence-corrected chi connectivity index (χ3v) is 8.35. The van der Waals surface area contributed by atoms with Crippen LogP contribution in [0.2, 0.25) is 0 Å². The van der Waals surface area contributed by atoms with E-state index in [1.807, 2.05) is 0 Å². The summed E-state index contributed by atoms with van der Waals surface area (Å²) in [5.41, 5.74) is 4.72. The first-order chi connectivity index (χ1) is 15.3. The molecule has 3 aliphatic rings. The van der Waals surface area contributed by atoms with Crippen LogP contribution in [0, 0.1) is 29.1 Å². The van der Waals surface area contributed by atoms with Crippen molar-refractivity contribution in [3.05, 3.63) is 35.5 Å². The van der Waals surface area contributed by atoms with Crippen molar-refractivity contribution in [1.82, 2.24) is 0 Å². The summed E-state index contributed by atoms with van der Waals surface area (Å²) in [4.78, 5) is 0. The molecular weight excluding hydrogens is 459 g/mol. The second-order valence-electron chi connectivity index (χ2n) is 11.3. The van der Waals surface area contributed by atoms with Gasteiger partial charge in [0.25, 0.3) is 0 Å². The average Bonchev–Trinajstić information content (AvgIpc) is 3.04. The van der Waals surface area contributed by atoms with Gasteiger partial charge in [0.2, 0.25) is 0 Å². The normalized spacial score (nSPS) is 32.7. The van der Waals surface area contributed by atoms with Crippen molar-refractivity contribution in [3.8, 4) is 0 Å². The largest absolute Gasteiger partial charge is 1.00 e. The molecule has 3 N–H and O–H groups in total. The molecule has 3 fully saturated rings. The van der Waals surface area contributed by atoms with E-state index < -0.39 is 10.4 Å². The molecule has 0 heterocycles. The molecule has 0 amide bonds. The van der Waals surface area contributed by atoms with E-state index in [1.165, 1.54) is 62.5 Å². The molecule has 34 heavy (non-hydrogen) atoms. The summed E-state index contributed by atoms with van der Waals surface area (Å²) in [7, 11) is -4.67. The van der Waals surface area contributed by atoms with E-state index >= 15 is 0 Å². The Morgan fingerprint density at radius 1 is 1.12 bits per heavy atom. The van der Waals surface area contributed by atoms with Gasteiger partial charge in [0.1, 0.15) is 0 Å². The molecule has 0 bridgehead atoms. The molecular formula is C27H47NaO5S. The van der Waals surface area contributed by atoms with E-state index in [1.54, 1.807) is 5.57 Å². The zero-order chi connectivity index (χ0) is 24.8. The van der Waals surface area contributed by atoms with Gasteiger partial charge < -0.3 is 6.53 Å². The topological polar surface area (TPSA) is 94.8 Å². The average molecular weight is 507 g/mol. The number of rotatable bonds is 6. The smallest absolute Gasteiger partial charge is 1.00 e. The molecule has 0 aliphatic heterocycles. The Kier molecular flexibility index (Phi) is 13.3. The molecule has 0 aromatic heterocycles. The third-order valence-electron chi connectivity index (χ3n) is 8.35. The van der Waals surface area contributed by atoms with Gasteiger partial charge in [-0.15, -0.1) is 0 Å². The van der Waals surface area contributed by atoms with Gasteiger partial charge in [-0.2, -0.15) is 8.42 Å². The molecule has 0 aromatic rings. The van der Waals surface area contributed by atoms with Gasteiger partial charge in [-0.1, -0.05) is 76.8 Å². The molecule has 0 spiro atoms. The summed E-state index contributed by atoms with van der Waals surface area (Å²) in [6.45, 7) is 14.1. The van der Waals surface area contributed by atoms with Crippen molar-refractivity contribution >= 4 is 10.4 Å². The first kappa shape index (κ1) is 32.1. The Labute approximate surface area is 231 Å². The van der Waals surface area contributed by atoms with Crippen LogP contribution in [0.3, 0.4) is 0 Å². The second-order valence-corrected chi connectivity index (χ2v) is 12.2. The van der Waals surface area contributed by atoms with Crippen molar-refractivity contribution in [2.75, 3.05) is 0 Å². The SMILES string of the molecule is C=C1CC[C@H](O)CC1=CC=C1CCC[C@]2(C)[C@@H]([C@H](C)CCCC(C)C)CC[C@@H]12.O=S(=O)(O)O.[H-].[Na+]. The molecule has 0 saturated heterocycles. The molecule has 192 valence electrons. The molecule has 7 heteroatoms. The molecule has 5 atom stereocenters. The van der Waals surface area contributed by atoms with Gasteiger partial charge in [-0.3, -0.25) is 9.11 Å². The molecule has 3 saturated carbocycles. The number of hydrogen-bond donors (Lipinski definition) is 3. The summed E-state index contributed by atoms with van der Waals surface area (Å²) >= 11 is 0. The Balaban J connectivity index is 0.00000150. The minimum Gasteiger partial charge on any atom is -1.00 e. The van der Waals surface area contributed by atoms with E-state index in [0.717, 1.165) is 42.9 Å². The predicted octanol–water partition coefficient (Wildman–Crippen LogP) is 4.08. The van der Waals surface area contributed by atoms with E-state index in [0.29, 0.717) is 5.41 Å². The van der Waals surface area contributed by atoms with Gasteiger partial charge in [-0.05, 0) is 86.0 Å². The first-order valence-electron chi connectivity index (χ1n) is 12.8. The third kappa shape index (κ3) is 9.84. The van der Waals surface area contributed by atoms with Crippen LogP contribution in [0.4, 0.5) is 0 Å². The maximum absolute atomic E-state index is 10.0. The Morgan fingerprint density at radius 3 is 2.38 bits per heavy atom. The molecule has 3 rings (SSSR count). The zero-order valence-corrected chi connectivity index (χ0v) is 24.9. The summed E-state index contributed by atoms with van der Waals surface area (Å²) in [6, 6.07) is 0. The monoisotopic (exact) mass is 506 g/mol. The van der Waals surface area contributed by atoms with Crippen LogP contribution in [-0.2, 0) is 10.4 Å². The van der Waals surface area contributed by atoms with Crippen molar-refractivity contribution in [1.29, 1.82) is 0 Å². The fraction of sp³-hybridized carbons (Fsp3) is 0.778. The van der Waals surface area contributed by atoms with Crippen molar-refractivity contribution in [3.63, 3.8) is 0 Å². The Bertz CT molecular complexity index is 831. The molecule has 3 aliphatic carbocycles. The Morgan fingerprint density at radius 2 is 1.76 bits per heavy atom. The number of allylic oxidation sites excluding steroid dienone is 4. The van der Waals surface area contributed by atoms with E-state index in [-0.39, 0.29) is 37.1 Å². The summed E-state index contributed by atoms with van der Waals surface area (Å²) < 4.78 is 31.6. The van der Waals surface area contributed by atoms with Gasteiger partial charge in [-0.25, -0.2) is 0 Å². The Hall–Kier alpha value is 0.0500. The number of hydrogen-bond acceptors (Lipinski definition) is 3. The molecule has 5 nitrogen and oxygen atoms in total. The summed E-state index contributed by atoms with van der Waals surface area (Å²) in [5, 5.41) is 10.0. The van der Waals surface area contributed by atoms with E-state index in [9.17, 15) is 5.11 Å². The van der Waals surface area contributed by atoms with Gasteiger partial charge in [0.15, 0.2) is 0 Å². The van der Waals surface area contributed by atoms with Crippen molar-refractivity contribution in [2.24, 2.45) is 29.1 Å². The predicted molar refractivity (Wildman–Crippen MR) is 136 cm³/mol.